The van der Waals surface area contributed by atoms with Gasteiger partial charge in [0.25, 0.3) is 10.0 Å². The SMILES string of the molecule is CCNC(=O)[C@@H](CC)N(CCc1ccccc1)C(=O)CN(c1ccccc1Cl)S(=O)(=O)c1ccccc1. The van der Waals surface area contributed by atoms with E-state index < -0.39 is 28.5 Å². The molecule has 0 unspecified atom stereocenters. The van der Waals surface area contributed by atoms with Crippen LogP contribution in [0, 0.1) is 0 Å². The molecular weight excluding hydrogens is 510 g/mol. The summed E-state index contributed by atoms with van der Waals surface area (Å²) in [4.78, 5) is 28.3. The maximum Gasteiger partial charge on any atom is 0.264 e. The van der Waals surface area contributed by atoms with Crippen LogP contribution < -0.4 is 9.62 Å². The highest BCUT2D eigenvalue weighted by Crippen LogP contribution is 2.30. The first-order chi connectivity index (χ1) is 17.8. The number of carbonyl (C=O) groups excluding carboxylic acids is 2. The van der Waals surface area contributed by atoms with E-state index in [0.29, 0.717) is 19.4 Å². The molecule has 0 heterocycles. The topological polar surface area (TPSA) is 86.8 Å². The van der Waals surface area contributed by atoms with E-state index >= 15 is 0 Å². The molecule has 0 bridgehead atoms. The number of nitrogens with one attached hydrogen (secondary N) is 1. The van der Waals surface area contributed by atoms with E-state index in [0.717, 1.165) is 9.87 Å². The smallest absolute Gasteiger partial charge is 0.264 e. The fraction of sp³-hybridized carbons (Fsp3) is 0.286. The van der Waals surface area contributed by atoms with Gasteiger partial charge in [-0.25, -0.2) is 8.42 Å². The van der Waals surface area contributed by atoms with Crippen LogP contribution in [0.1, 0.15) is 25.8 Å². The number of para-hydroxylation sites is 1. The second kappa shape index (κ2) is 13.3. The number of carbonyl (C=O) groups is 2. The Kier molecular flexibility index (Phi) is 10.1. The molecule has 3 aromatic rings. The summed E-state index contributed by atoms with van der Waals surface area (Å²) in [7, 11) is -4.13. The molecule has 37 heavy (non-hydrogen) atoms. The maximum atomic E-state index is 13.8. The number of sulfonamides is 1. The summed E-state index contributed by atoms with van der Waals surface area (Å²) in [6.45, 7) is 3.80. The van der Waals surface area contributed by atoms with E-state index in [4.69, 9.17) is 11.6 Å². The Hall–Kier alpha value is -3.36. The zero-order valence-electron chi connectivity index (χ0n) is 21.0. The first-order valence-corrected chi connectivity index (χ1v) is 14.0. The molecule has 7 nitrogen and oxygen atoms in total. The molecule has 2 amide bonds. The summed E-state index contributed by atoms with van der Waals surface area (Å²) in [5.41, 5.74) is 1.20. The lowest BCUT2D eigenvalue weighted by Crippen LogP contribution is -2.53. The monoisotopic (exact) mass is 541 g/mol. The van der Waals surface area contributed by atoms with E-state index in [2.05, 4.69) is 5.32 Å². The zero-order valence-corrected chi connectivity index (χ0v) is 22.6. The van der Waals surface area contributed by atoms with Gasteiger partial charge in [-0.2, -0.15) is 0 Å². The predicted molar refractivity (Wildman–Crippen MR) is 147 cm³/mol. The molecule has 3 rings (SSSR count). The second-order valence-corrected chi connectivity index (χ2v) is 10.7. The van der Waals surface area contributed by atoms with Gasteiger partial charge in [0.05, 0.1) is 15.6 Å². The second-order valence-electron chi connectivity index (χ2n) is 8.42. The van der Waals surface area contributed by atoms with Gasteiger partial charge >= 0.3 is 0 Å². The first-order valence-electron chi connectivity index (χ1n) is 12.2. The zero-order chi connectivity index (χ0) is 26.8. The molecule has 3 aromatic carbocycles. The van der Waals surface area contributed by atoms with E-state index in [9.17, 15) is 18.0 Å². The molecule has 0 aliphatic rings. The Bertz CT molecular complexity index is 1290. The third kappa shape index (κ3) is 7.11. The number of benzene rings is 3. The highest BCUT2D eigenvalue weighted by Gasteiger charge is 2.33. The van der Waals surface area contributed by atoms with Crippen molar-refractivity contribution in [1.82, 2.24) is 10.2 Å². The van der Waals surface area contributed by atoms with Gasteiger partial charge in [0, 0.05) is 13.1 Å². The fourth-order valence-corrected chi connectivity index (χ4v) is 5.82. The predicted octanol–water partition coefficient (Wildman–Crippen LogP) is 4.52. The van der Waals surface area contributed by atoms with Gasteiger partial charge in [0.1, 0.15) is 12.6 Å². The van der Waals surface area contributed by atoms with Gasteiger partial charge in [0.2, 0.25) is 11.8 Å². The Balaban J connectivity index is 2.00. The number of amides is 2. The van der Waals surface area contributed by atoms with Crippen LogP contribution in [0.3, 0.4) is 0 Å². The van der Waals surface area contributed by atoms with Crippen LogP contribution in [0.25, 0.3) is 0 Å². The number of hydrogen-bond acceptors (Lipinski definition) is 4. The van der Waals surface area contributed by atoms with Crippen LogP contribution in [0.15, 0.2) is 89.8 Å². The summed E-state index contributed by atoms with van der Waals surface area (Å²) >= 11 is 6.40. The number of likely N-dealkylation sites (N-methyl/N-ethyl adjacent to an activating group) is 1. The maximum absolute atomic E-state index is 13.8. The molecule has 0 saturated heterocycles. The van der Waals surface area contributed by atoms with Gasteiger partial charge in [0.15, 0.2) is 0 Å². The number of halogens is 1. The van der Waals surface area contributed by atoms with Crippen LogP contribution in [-0.4, -0.2) is 50.8 Å². The van der Waals surface area contributed by atoms with Crippen LogP contribution in [0.4, 0.5) is 5.69 Å². The average Bonchev–Trinajstić information content (AvgIpc) is 2.91. The van der Waals surface area contributed by atoms with Gasteiger partial charge in [-0.05, 0) is 49.6 Å². The van der Waals surface area contributed by atoms with Crippen molar-refractivity contribution in [3.05, 3.63) is 95.5 Å². The molecule has 9 heteroatoms. The number of hydrogen-bond donors (Lipinski definition) is 1. The summed E-state index contributed by atoms with van der Waals surface area (Å²) in [5, 5.41) is 2.99. The molecule has 1 atom stereocenters. The lowest BCUT2D eigenvalue weighted by molar-refractivity contribution is -0.139. The summed E-state index contributed by atoms with van der Waals surface area (Å²) < 4.78 is 28.5. The summed E-state index contributed by atoms with van der Waals surface area (Å²) in [6.07, 6.45) is 0.893. The van der Waals surface area contributed by atoms with Crippen molar-refractivity contribution in [2.75, 3.05) is 23.9 Å². The van der Waals surface area contributed by atoms with E-state index in [1.54, 1.807) is 42.5 Å². The normalized spacial score (nSPS) is 12.0. The fourth-order valence-electron chi connectivity index (χ4n) is 4.07. The number of anilines is 1. The number of nitrogens with zero attached hydrogens (tertiary/aromatic N) is 2. The molecule has 0 aliphatic carbocycles. The van der Waals surface area contributed by atoms with E-state index in [1.807, 2.05) is 44.2 Å². The Morgan fingerprint density at radius 3 is 2.08 bits per heavy atom. The van der Waals surface area contributed by atoms with Gasteiger partial charge in [-0.15, -0.1) is 0 Å². The van der Waals surface area contributed by atoms with Crippen molar-refractivity contribution in [3.8, 4) is 0 Å². The van der Waals surface area contributed by atoms with Gasteiger partial charge in [-0.1, -0.05) is 79.2 Å². The van der Waals surface area contributed by atoms with Crippen molar-refractivity contribution in [2.45, 2.75) is 37.6 Å². The molecule has 0 fully saturated rings. The van der Waals surface area contributed by atoms with Gasteiger partial charge in [-0.3, -0.25) is 13.9 Å². The molecule has 0 aliphatic heterocycles. The highest BCUT2D eigenvalue weighted by molar-refractivity contribution is 7.92. The molecule has 0 saturated carbocycles. The summed E-state index contributed by atoms with van der Waals surface area (Å²) in [5.74, 6) is -0.768. The third-order valence-corrected chi connectivity index (χ3v) is 8.05. The van der Waals surface area contributed by atoms with Crippen molar-refractivity contribution in [3.63, 3.8) is 0 Å². The molecule has 196 valence electrons. The Labute approximate surface area is 224 Å². The molecule has 1 N–H and O–H groups in total. The first kappa shape index (κ1) is 28.2. The summed E-state index contributed by atoms with van der Waals surface area (Å²) in [6, 6.07) is 23.3. The minimum absolute atomic E-state index is 0.0364. The lowest BCUT2D eigenvalue weighted by atomic mass is 10.1. The largest absolute Gasteiger partial charge is 0.355 e. The number of rotatable bonds is 12. The molecule has 0 aromatic heterocycles. The van der Waals surface area contributed by atoms with Crippen LogP contribution in [-0.2, 0) is 26.0 Å². The Morgan fingerprint density at radius 2 is 1.49 bits per heavy atom. The minimum Gasteiger partial charge on any atom is -0.355 e. The molecule has 0 spiro atoms. The van der Waals surface area contributed by atoms with Crippen LogP contribution in [0.2, 0.25) is 5.02 Å². The van der Waals surface area contributed by atoms with Crippen molar-refractivity contribution >= 4 is 39.1 Å². The van der Waals surface area contributed by atoms with E-state index in [1.165, 1.54) is 17.0 Å². The molecular formula is C28H32ClN3O4S. The van der Waals surface area contributed by atoms with Crippen LogP contribution in [0.5, 0.6) is 0 Å². The van der Waals surface area contributed by atoms with Crippen molar-refractivity contribution in [1.29, 1.82) is 0 Å². The van der Waals surface area contributed by atoms with Gasteiger partial charge < -0.3 is 10.2 Å². The van der Waals surface area contributed by atoms with E-state index in [-0.39, 0.29) is 28.1 Å². The molecule has 0 radical (unpaired) electrons. The lowest BCUT2D eigenvalue weighted by Gasteiger charge is -2.33. The highest BCUT2D eigenvalue weighted by atomic mass is 35.5. The minimum atomic E-state index is -4.13. The Morgan fingerprint density at radius 1 is 0.892 bits per heavy atom. The van der Waals surface area contributed by atoms with Crippen molar-refractivity contribution < 1.29 is 18.0 Å². The third-order valence-electron chi connectivity index (χ3n) is 5.95. The van der Waals surface area contributed by atoms with Crippen molar-refractivity contribution in [2.24, 2.45) is 0 Å². The van der Waals surface area contributed by atoms with Crippen LogP contribution >= 0.6 is 11.6 Å². The quantitative estimate of drug-likeness (QED) is 0.365. The average molecular weight is 542 g/mol. The standard InChI is InChI=1S/C28H32ClN3O4S/c1-3-25(28(34)30-4-2)31(20-19-22-13-7-5-8-14-22)27(33)21-32(26-18-12-11-17-24(26)29)37(35,36)23-15-9-6-10-16-23/h5-18,25H,3-4,19-21H2,1-2H3,(H,30,34)/t25-/m1/s1.